The third kappa shape index (κ3) is 2.67. The summed E-state index contributed by atoms with van der Waals surface area (Å²) in [6, 6.07) is 0.0644. The van der Waals surface area contributed by atoms with E-state index >= 15 is 0 Å². The fourth-order valence-electron chi connectivity index (χ4n) is 1.48. The Bertz CT molecular complexity index is 341. The summed E-state index contributed by atoms with van der Waals surface area (Å²) in [5, 5.41) is 10.4. The van der Waals surface area contributed by atoms with Gasteiger partial charge < -0.3 is 10.4 Å². The van der Waals surface area contributed by atoms with Gasteiger partial charge in [0.1, 0.15) is 0 Å². The summed E-state index contributed by atoms with van der Waals surface area (Å²) in [6.45, 7) is 4.30. The zero-order valence-electron chi connectivity index (χ0n) is 8.80. The van der Waals surface area contributed by atoms with Gasteiger partial charge in [-0.15, -0.1) is 0 Å². The quantitative estimate of drug-likeness (QED) is 0.662. The predicted octanol–water partition coefficient (Wildman–Crippen LogP) is -0.917. The van der Waals surface area contributed by atoms with Crippen molar-refractivity contribution in [1.29, 1.82) is 0 Å². The lowest BCUT2D eigenvalue weighted by Crippen LogP contribution is -2.54. The molecule has 0 aromatic rings. The van der Waals surface area contributed by atoms with Crippen molar-refractivity contribution in [3.05, 3.63) is 0 Å². The molecule has 88 valence electrons. The molecule has 0 aromatic carbocycles. The van der Waals surface area contributed by atoms with Gasteiger partial charge in [-0.25, -0.2) is 8.42 Å². The van der Waals surface area contributed by atoms with E-state index in [1.807, 2.05) is 6.92 Å². The first-order valence-corrected chi connectivity index (χ1v) is 6.31. The van der Waals surface area contributed by atoms with E-state index < -0.39 is 21.2 Å². The molecule has 6 nitrogen and oxygen atoms in total. The second-order valence-corrected chi connectivity index (χ2v) is 5.99. The highest BCUT2D eigenvalue weighted by atomic mass is 32.2. The zero-order valence-corrected chi connectivity index (χ0v) is 9.62. The van der Waals surface area contributed by atoms with Gasteiger partial charge in [0.2, 0.25) is 10.0 Å². The normalized spacial score (nSPS) is 26.1. The van der Waals surface area contributed by atoms with Crippen molar-refractivity contribution in [2.75, 3.05) is 19.6 Å². The third-order valence-corrected chi connectivity index (χ3v) is 4.63. The van der Waals surface area contributed by atoms with Crippen LogP contribution >= 0.6 is 0 Å². The van der Waals surface area contributed by atoms with Gasteiger partial charge in [0.05, 0.1) is 0 Å². The number of hydrogen-bond acceptors (Lipinski definition) is 4. The number of hydrogen-bond donors (Lipinski definition) is 2. The van der Waals surface area contributed by atoms with Gasteiger partial charge in [-0.1, -0.05) is 0 Å². The van der Waals surface area contributed by atoms with E-state index in [-0.39, 0.29) is 6.04 Å². The standard InChI is InChI=1S/C8H16N2O4S/c1-6-5-10(4-3-9-6)15(13,14)7(2)8(11)12/h6-7,9H,3-5H2,1-2H3,(H,11,12)/t6-,7?/m0/s1. The highest BCUT2D eigenvalue weighted by Gasteiger charge is 2.35. The Balaban J connectivity index is 2.81. The maximum Gasteiger partial charge on any atom is 0.323 e. The van der Waals surface area contributed by atoms with Gasteiger partial charge in [0, 0.05) is 25.7 Å². The molecule has 2 atom stereocenters. The minimum atomic E-state index is -3.70. The number of piperazine rings is 1. The smallest absolute Gasteiger partial charge is 0.323 e. The van der Waals surface area contributed by atoms with E-state index in [2.05, 4.69) is 5.32 Å². The molecule has 0 bridgehead atoms. The van der Waals surface area contributed by atoms with Crippen LogP contribution in [0, 0.1) is 0 Å². The highest BCUT2D eigenvalue weighted by molar-refractivity contribution is 7.90. The fourth-order valence-corrected chi connectivity index (χ4v) is 2.96. The van der Waals surface area contributed by atoms with Crippen molar-refractivity contribution in [2.24, 2.45) is 0 Å². The molecule has 7 heteroatoms. The van der Waals surface area contributed by atoms with Gasteiger partial charge in [-0.3, -0.25) is 4.79 Å². The van der Waals surface area contributed by atoms with Crippen molar-refractivity contribution >= 4 is 16.0 Å². The van der Waals surface area contributed by atoms with Crippen LogP contribution in [0.3, 0.4) is 0 Å². The minimum absolute atomic E-state index is 0.0644. The SMILES string of the molecule is CC(C(=O)O)S(=O)(=O)N1CCN[C@@H](C)C1. The highest BCUT2D eigenvalue weighted by Crippen LogP contribution is 2.11. The molecule has 0 aromatic heterocycles. The number of carboxylic acids is 1. The van der Waals surface area contributed by atoms with Crippen LogP contribution in [0.4, 0.5) is 0 Å². The second-order valence-electron chi connectivity index (χ2n) is 3.74. The summed E-state index contributed by atoms with van der Waals surface area (Å²) in [5.74, 6) is -1.30. The van der Waals surface area contributed by atoms with Crippen molar-refractivity contribution in [3.63, 3.8) is 0 Å². The van der Waals surface area contributed by atoms with Gasteiger partial charge in [-0.2, -0.15) is 4.31 Å². The third-order valence-electron chi connectivity index (χ3n) is 2.49. The molecule has 1 heterocycles. The van der Waals surface area contributed by atoms with Gasteiger partial charge in [0.15, 0.2) is 5.25 Å². The first-order chi connectivity index (χ1) is 6.85. The molecule has 15 heavy (non-hydrogen) atoms. The van der Waals surface area contributed by atoms with E-state index in [0.29, 0.717) is 19.6 Å². The lowest BCUT2D eigenvalue weighted by Gasteiger charge is -2.32. The first-order valence-electron chi connectivity index (χ1n) is 4.81. The lowest BCUT2D eigenvalue weighted by atomic mass is 10.3. The van der Waals surface area contributed by atoms with E-state index in [0.717, 1.165) is 0 Å². The van der Waals surface area contributed by atoms with E-state index in [1.165, 1.54) is 11.2 Å². The molecule has 2 N–H and O–H groups in total. The molecular formula is C8H16N2O4S. The Morgan fingerprint density at radius 3 is 2.67 bits per heavy atom. The van der Waals surface area contributed by atoms with Crippen LogP contribution in [0.15, 0.2) is 0 Å². The first kappa shape index (κ1) is 12.4. The van der Waals surface area contributed by atoms with Gasteiger partial charge in [0.25, 0.3) is 0 Å². The average molecular weight is 236 g/mol. The summed E-state index contributed by atoms with van der Waals surface area (Å²) < 4.78 is 24.8. The Morgan fingerprint density at radius 2 is 2.20 bits per heavy atom. The van der Waals surface area contributed by atoms with Crippen LogP contribution in [-0.2, 0) is 14.8 Å². The number of rotatable bonds is 3. The predicted molar refractivity (Wildman–Crippen MR) is 55.1 cm³/mol. The Kier molecular flexibility index (Phi) is 3.69. The van der Waals surface area contributed by atoms with E-state index in [1.54, 1.807) is 0 Å². The number of carboxylic acid groups (broad SMARTS) is 1. The average Bonchev–Trinajstić information content (AvgIpc) is 2.16. The van der Waals surface area contributed by atoms with Crippen molar-refractivity contribution < 1.29 is 18.3 Å². The van der Waals surface area contributed by atoms with Crippen molar-refractivity contribution in [1.82, 2.24) is 9.62 Å². The van der Waals surface area contributed by atoms with Crippen LogP contribution in [0.1, 0.15) is 13.8 Å². The summed E-state index contributed by atoms with van der Waals surface area (Å²) in [7, 11) is -3.70. The number of nitrogens with one attached hydrogen (secondary N) is 1. The lowest BCUT2D eigenvalue weighted by molar-refractivity contribution is -0.136. The molecule has 0 spiro atoms. The molecule has 1 aliphatic heterocycles. The zero-order chi connectivity index (χ0) is 11.6. The molecule has 0 saturated carbocycles. The van der Waals surface area contributed by atoms with Crippen LogP contribution in [0.5, 0.6) is 0 Å². The molecule has 1 fully saturated rings. The number of aliphatic carboxylic acids is 1. The van der Waals surface area contributed by atoms with Crippen molar-refractivity contribution in [3.8, 4) is 0 Å². The van der Waals surface area contributed by atoms with Gasteiger partial charge in [-0.05, 0) is 13.8 Å². The van der Waals surface area contributed by atoms with Crippen LogP contribution in [0.2, 0.25) is 0 Å². The number of carbonyl (C=O) groups is 1. The molecule has 0 amide bonds. The maximum atomic E-state index is 11.8. The molecule has 1 rings (SSSR count). The Labute approximate surface area is 89.3 Å². The summed E-state index contributed by atoms with van der Waals surface area (Å²) in [5.41, 5.74) is 0. The summed E-state index contributed by atoms with van der Waals surface area (Å²) >= 11 is 0. The number of nitrogens with zero attached hydrogens (tertiary/aromatic N) is 1. The molecule has 0 radical (unpaired) electrons. The molecule has 1 aliphatic rings. The van der Waals surface area contributed by atoms with E-state index in [9.17, 15) is 13.2 Å². The largest absolute Gasteiger partial charge is 0.480 e. The summed E-state index contributed by atoms with van der Waals surface area (Å²) in [6.07, 6.45) is 0. The molecular weight excluding hydrogens is 220 g/mol. The van der Waals surface area contributed by atoms with Crippen LogP contribution in [-0.4, -0.2) is 54.7 Å². The monoisotopic (exact) mass is 236 g/mol. The topological polar surface area (TPSA) is 86.7 Å². The van der Waals surface area contributed by atoms with Crippen LogP contribution < -0.4 is 5.32 Å². The molecule has 0 aliphatic carbocycles. The molecule has 1 unspecified atom stereocenters. The fraction of sp³-hybridized carbons (Fsp3) is 0.875. The summed E-state index contributed by atoms with van der Waals surface area (Å²) in [4.78, 5) is 10.6. The van der Waals surface area contributed by atoms with Crippen molar-refractivity contribution in [2.45, 2.75) is 25.1 Å². The Hall–Kier alpha value is -0.660. The number of sulfonamides is 1. The van der Waals surface area contributed by atoms with E-state index in [4.69, 9.17) is 5.11 Å². The molecule has 1 saturated heterocycles. The maximum absolute atomic E-state index is 11.8. The minimum Gasteiger partial charge on any atom is -0.480 e. The Morgan fingerprint density at radius 1 is 1.60 bits per heavy atom. The van der Waals surface area contributed by atoms with Crippen LogP contribution in [0.25, 0.3) is 0 Å². The van der Waals surface area contributed by atoms with Gasteiger partial charge >= 0.3 is 5.97 Å². The second kappa shape index (κ2) is 4.46.